The fourth-order valence-corrected chi connectivity index (χ4v) is 11.4. The number of nitrogens with two attached hydrogens (primary N) is 1. The van der Waals surface area contributed by atoms with E-state index in [0.717, 1.165) is 48.4 Å². The summed E-state index contributed by atoms with van der Waals surface area (Å²) >= 11 is 3.32. The molecule has 8 rings (SSSR count). The molecule has 0 saturated carbocycles. The number of amides is 1. The second-order valence-corrected chi connectivity index (χ2v) is 16.1. The number of rotatable bonds is 8. The number of anilines is 3. The minimum Gasteiger partial charge on any atom is -0.461 e. The van der Waals surface area contributed by atoms with Crippen molar-refractivity contribution in [1.82, 2.24) is 24.8 Å². The summed E-state index contributed by atoms with van der Waals surface area (Å²) in [5.41, 5.74) is 7.25. The van der Waals surface area contributed by atoms with Crippen molar-refractivity contribution in [2.75, 3.05) is 68.5 Å². The first kappa shape index (κ1) is 31.5. The average molecular weight is 697 g/mol. The van der Waals surface area contributed by atoms with E-state index in [2.05, 4.69) is 25.9 Å². The van der Waals surface area contributed by atoms with E-state index >= 15 is 0 Å². The number of fused-ring (bicyclic) bond motifs is 5. The molecule has 5 fully saturated rings. The lowest BCUT2D eigenvalue weighted by atomic mass is 9.88. The van der Waals surface area contributed by atoms with Crippen molar-refractivity contribution in [2.45, 2.75) is 73.3 Å². The highest BCUT2D eigenvalue weighted by Gasteiger charge is 2.54. The molecule has 0 aromatic carbocycles. The van der Waals surface area contributed by atoms with E-state index < -0.39 is 17.9 Å². The molecule has 1 spiro atoms. The molecular formula is C31H37FN10O4S2. The van der Waals surface area contributed by atoms with Crippen LogP contribution in [0.3, 0.4) is 0 Å². The van der Waals surface area contributed by atoms with Gasteiger partial charge in [0.25, 0.3) is 5.91 Å². The van der Waals surface area contributed by atoms with Crippen LogP contribution in [0.4, 0.5) is 21.3 Å². The zero-order valence-electron chi connectivity index (χ0n) is 26.9. The topological polar surface area (TPSA) is 166 Å². The van der Waals surface area contributed by atoms with Gasteiger partial charge in [0.15, 0.2) is 5.78 Å². The van der Waals surface area contributed by atoms with Crippen LogP contribution in [-0.4, -0.2) is 119 Å². The molecule has 4 atom stereocenters. The van der Waals surface area contributed by atoms with Crippen molar-refractivity contribution in [1.29, 1.82) is 5.26 Å². The number of hydrogen-bond acceptors (Lipinski definition) is 15. The normalized spacial score (nSPS) is 28.8. The number of ether oxygens (including phenoxy) is 1. The quantitative estimate of drug-likeness (QED) is 0.242. The summed E-state index contributed by atoms with van der Waals surface area (Å²) in [5.74, 6) is 0.872. The summed E-state index contributed by atoms with van der Waals surface area (Å²) in [7, 11) is 1.32. The molecule has 17 heteroatoms. The summed E-state index contributed by atoms with van der Waals surface area (Å²) in [5, 5.41) is 14.1. The number of thiophene rings is 1. The van der Waals surface area contributed by atoms with Crippen molar-refractivity contribution in [2.24, 2.45) is 5.16 Å². The highest BCUT2D eigenvalue weighted by atomic mass is 32.2. The molecule has 5 saturated heterocycles. The van der Waals surface area contributed by atoms with Gasteiger partial charge in [0.1, 0.15) is 31.0 Å². The third-order valence-electron chi connectivity index (χ3n) is 10.8. The Morgan fingerprint density at radius 3 is 2.56 bits per heavy atom. The van der Waals surface area contributed by atoms with E-state index in [1.807, 2.05) is 11.8 Å². The number of alkyl halides is 1. The molecule has 48 heavy (non-hydrogen) atoms. The SMILES string of the molecule is CO/N=C(\C(C)=O)C(=O)N1[C@@H]2CC[C@H]1CN(c1nc(OC[C@@]34CCCN3C[C@H](F)C4)nc(N3CC4(C3)SCc3sc(N)c(C#N)c34)n1)C2. The molecule has 6 aliphatic heterocycles. The zero-order valence-corrected chi connectivity index (χ0v) is 28.5. The number of oxime groups is 1. The van der Waals surface area contributed by atoms with E-state index in [-0.39, 0.29) is 34.1 Å². The van der Waals surface area contributed by atoms with Crippen LogP contribution in [-0.2, 0) is 24.9 Å². The van der Waals surface area contributed by atoms with Crippen LogP contribution in [0.1, 0.15) is 55.0 Å². The maximum Gasteiger partial charge on any atom is 0.323 e. The summed E-state index contributed by atoms with van der Waals surface area (Å²) in [4.78, 5) is 54.1. The fraction of sp³-hybridized carbons (Fsp3) is 0.645. The van der Waals surface area contributed by atoms with Gasteiger partial charge in [0, 0.05) is 62.3 Å². The molecule has 0 radical (unpaired) electrons. The first-order valence-corrected chi connectivity index (χ1v) is 18.1. The Hall–Kier alpha value is -3.75. The van der Waals surface area contributed by atoms with Gasteiger partial charge in [-0.2, -0.15) is 20.2 Å². The van der Waals surface area contributed by atoms with Crippen LogP contribution in [0, 0.1) is 11.3 Å². The number of nitriles is 1. The molecule has 254 valence electrons. The molecular weight excluding hydrogens is 660 g/mol. The number of carbonyl (C=O) groups is 2. The predicted octanol–water partition coefficient (Wildman–Crippen LogP) is 2.08. The number of aromatic nitrogens is 3. The van der Waals surface area contributed by atoms with E-state index in [1.165, 1.54) is 25.4 Å². The van der Waals surface area contributed by atoms with Crippen LogP contribution in [0.2, 0.25) is 0 Å². The van der Waals surface area contributed by atoms with Gasteiger partial charge in [0.2, 0.25) is 17.6 Å². The van der Waals surface area contributed by atoms with Crippen LogP contribution < -0.4 is 20.3 Å². The molecule has 0 unspecified atom stereocenters. The number of hydrogen-bond donors (Lipinski definition) is 1. The van der Waals surface area contributed by atoms with Gasteiger partial charge in [-0.25, -0.2) is 4.39 Å². The monoisotopic (exact) mass is 696 g/mol. The second-order valence-electron chi connectivity index (χ2n) is 13.7. The fourth-order valence-electron chi connectivity index (χ4n) is 8.62. The first-order chi connectivity index (χ1) is 23.1. The zero-order chi connectivity index (χ0) is 33.4. The Bertz CT molecular complexity index is 1730. The molecule has 8 heterocycles. The predicted molar refractivity (Wildman–Crippen MR) is 178 cm³/mol. The standard InChI is InChI=1S/C31H37FN10O4S2/c1-17(43)24(38-45-2)26(44)42-19-4-5-20(42)12-39(11-19)27-35-28(37-29(36-27)46-16-30-6-3-7-41(30)10-18(32)8-30)40-14-31(15-40)23-21(9-33)25(34)48-22(23)13-47-31/h18-20H,3-8,10-16,34H2,1-2H3/b38-24+/t18-,19-,20+,30+/m1/s1. The lowest BCUT2D eigenvalue weighted by molar-refractivity contribution is -0.128. The van der Waals surface area contributed by atoms with Crippen molar-refractivity contribution >= 4 is 57.4 Å². The van der Waals surface area contributed by atoms with Crippen molar-refractivity contribution in [3.8, 4) is 12.1 Å². The van der Waals surface area contributed by atoms with Crippen molar-refractivity contribution < 1.29 is 23.6 Å². The maximum atomic E-state index is 14.5. The highest BCUT2D eigenvalue weighted by Crippen LogP contribution is 2.57. The molecule has 2 aromatic heterocycles. The second kappa shape index (κ2) is 11.7. The molecule has 2 N–H and O–H groups in total. The summed E-state index contributed by atoms with van der Waals surface area (Å²) < 4.78 is 20.6. The number of Topliss-reactive ketones (excluding diaryl/α,β-unsaturated/α-hetero) is 1. The minimum atomic E-state index is -0.874. The summed E-state index contributed by atoms with van der Waals surface area (Å²) in [6, 6.07) is 2.18. The number of nitrogen functional groups attached to an aromatic ring is 1. The van der Waals surface area contributed by atoms with E-state index in [0.29, 0.717) is 68.2 Å². The van der Waals surface area contributed by atoms with Crippen LogP contribution in [0.5, 0.6) is 6.01 Å². The first-order valence-electron chi connectivity index (χ1n) is 16.3. The van der Waals surface area contributed by atoms with E-state index in [1.54, 1.807) is 4.90 Å². The van der Waals surface area contributed by atoms with Gasteiger partial charge in [-0.05, 0) is 32.2 Å². The molecule has 0 aliphatic carbocycles. The number of nitrogens with zero attached hydrogens (tertiary/aromatic N) is 9. The number of piperazine rings is 1. The van der Waals surface area contributed by atoms with Crippen molar-refractivity contribution in [3.05, 3.63) is 16.0 Å². The lowest BCUT2D eigenvalue weighted by Gasteiger charge is -2.48. The Kier molecular flexibility index (Phi) is 7.68. The molecule has 14 nitrogen and oxygen atoms in total. The van der Waals surface area contributed by atoms with Crippen LogP contribution in [0.25, 0.3) is 0 Å². The molecule has 2 aromatic rings. The smallest absolute Gasteiger partial charge is 0.323 e. The number of carbonyl (C=O) groups excluding carboxylic acids is 2. The van der Waals surface area contributed by atoms with Gasteiger partial charge in [-0.3, -0.25) is 14.5 Å². The third kappa shape index (κ3) is 4.97. The Balaban J connectivity index is 1.07. The lowest BCUT2D eigenvalue weighted by Crippen LogP contribution is -2.59. The molecule has 2 bridgehead atoms. The Labute approximate surface area is 285 Å². The number of ketones is 1. The van der Waals surface area contributed by atoms with Crippen molar-refractivity contribution in [3.63, 3.8) is 0 Å². The molecule has 6 aliphatic rings. The summed E-state index contributed by atoms with van der Waals surface area (Å²) in [6.45, 7) is 5.04. The molecule has 1 amide bonds. The number of thioether (sulfide) groups is 1. The van der Waals surface area contributed by atoms with Gasteiger partial charge in [-0.1, -0.05) is 5.16 Å². The van der Waals surface area contributed by atoms with Gasteiger partial charge >= 0.3 is 6.01 Å². The summed E-state index contributed by atoms with van der Waals surface area (Å²) in [6.07, 6.45) is 2.98. The van der Waals surface area contributed by atoms with Crippen LogP contribution in [0.15, 0.2) is 5.16 Å². The van der Waals surface area contributed by atoms with E-state index in [4.69, 9.17) is 30.3 Å². The average Bonchev–Trinajstić information content (AvgIpc) is 3.82. The maximum absolute atomic E-state index is 14.5. The van der Waals surface area contributed by atoms with Gasteiger partial charge in [0.05, 0.1) is 27.9 Å². The minimum absolute atomic E-state index is 0.165. The van der Waals surface area contributed by atoms with Gasteiger partial charge < -0.3 is 30.0 Å². The highest BCUT2D eigenvalue weighted by molar-refractivity contribution is 8.00. The third-order valence-corrected chi connectivity index (χ3v) is 13.4. The number of halogens is 1. The largest absolute Gasteiger partial charge is 0.461 e. The Morgan fingerprint density at radius 1 is 1.15 bits per heavy atom. The van der Waals surface area contributed by atoms with Crippen LogP contribution >= 0.6 is 23.1 Å². The van der Waals surface area contributed by atoms with Gasteiger partial charge in [-0.15, -0.1) is 23.1 Å². The van der Waals surface area contributed by atoms with E-state index in [9.17, 15) is 19.2 Å². The Morgan fingerprint density at radius 2 is 1.88 bits per heavy atom.